The molecule has 0 amide bonds. The molecule has 6 nitrogen and oxygen atoms in total. The van der Waals surface area contributed by atoms with Crippen molar-refractivity contribution in [2.24, 2.45) is 0 Å². The van der Waals surface area contributed by atoms with Crippen LogP contribution in [-0.4, -0.2) is 14.5 Å². The van der Waals surface area contributed by atoms with Gasteiger partial charge in [0.25, 0.3) is 11.2 Å². The lowest BCUT2D eigenvalue weighted by Crippen LogP contribution is -2.20. The predicted molar refractivity (Wildman–Crippen MR) is 99.4 cm³/mol. The molecule has 1 aromatic carbocycles. The molecule has 0 fully saturated rings. The van der Waals surface area contributed by atoms with Crippen LogP contribution in [0.25, 0.3) is 21.3 Å². The summed E-state index contributed by atoms with van der Waals surface area (Å²) >= 11 is 2.94. The van der Waals surface area contributed by atoms with E-state index >= 15 is 0 Å². The van der Waals surface area contributed by atoms with Gasteiger partial charge in [-0.05, 0) is 17.0 Å². The van der Waals surface area contributed by atoms with Crippen LogP contribution in [0.1, 0.15) is 4.88 Å². The van der Waals surface area contributed by atoms with Crippen molar-refractivity contribution in [3.8, 4) is 11.1 Å². The molecule has 4 rings (SSSR count). The Labute approximate surface area is 149 Å². The number of nitro benzene ring substituents is 1. The van der Waals surface area contributed by atoms with Crippen LogP contribution in [0, 0.1) is 10.1 Å². The maximum atomic E-state index is 12.9. The monoisotopic (exact) mass is 369 g/mol. The van der Waals surface area contributed by atoms with Gasteiger partial charge >= 0.3 is 0 Å². The van der Waals surface area contributed by atoms with Crippen LogP contribution in [0.5, 0.6) is 0 Å². The Balaban J connectivity index is 1.87. The lowest BCUT2D eigenvalue weighted by Gasteiger charge is -2.05. The maximum absolute atomic E-state index is 12.9. The molecule has 25 heavy (non-hydrogen) atoms. The highest BCUT2D eigenvalue weighted by Crippen LogP contribution is 2.32. The number of non-ortho nitro benzene ring substituents is 1. The highest BCUT2D eigenvalue weighted by molar-refractivity contribution is 7.17. The number of nitro groups is 1. The number of hydrogen-bond acceptors (Lipinski definition) is 6. The van der Waals surface area contributed by atoms with Gasteiger partial charge in [0, 0.05) is 28.0 Å². The number of nitrogens with zero attached hydrogens (tertiary/aromatic N) is 3. The summed E-state index contributed by atoms with van der Waals surface area (Å²) in [7, 11) is 0. The standard InChI is InChI=1S/C17H11N3O3S2/c21-17-15-14(11-3-1-4-12(7-11)20(22)23)9-25-16(15)18-10-19(17)8-13-5-2-6-24-13/h1-7,9-10H,8H2. The quantitative estimate of drug-likeness (QED) is 0.400. The molecule has 0 atom stereocenters. The maximum Gasteiger partial charge on any atom is 0.270 e. The van der Waals surface area contributed by atoms with E-state index < -0.39 is 4.92 Å². The SMILES string of the molecule is O=c1c2c(-c3cccc([N+](=O)[O-])c3)csc2ncn1Cc1cccs1. The molecule has 0 aliphatic heterocycles. The van der Waals surface area contributed by atoms with Gasteiger partial charge in [0.15, 0.2) is 0 Å². The fourth-order valence-electron chi connectivity index (χ4n) is 2.65. The van der Waals surface area contributed by atoms with E-state index in [1.54, 1.807) is 34.4 Å². The van der Waals surface area contributed by atoms with E-state index in [0.717, 1.165) is 4.88 Å². The minimum Gasteiger partial charge on any atom is -0.293 e. The van der Waals surface area contributed by atoms with Gasteiger partial charge in [-0.1, -0.05) is 18.2 Å². The van der Waals surface area contributed by atoms with Crippen LogP contribution in [0.15, 0.2) is 58.3 Å². The highest BCUT2D eigenvalue weighted by Gasteiger charge is 2.15. The van der Waals surface area contributed by atoms with E-state index in [-0.39, 0.29) is 11.2 Å². The van der Waals surface area contributed by atoms with Crippen molar-refractivity contribution in [1.29, 1.82) is 0 Å². The van der Waals surface area contributed by atoms with E-state index in [2.05, 4.69) is 4.98 Å². The van der Waals surface area contributed by atoms with Crippen molar-refractivity contribution in [3.63, 3.8) is 0 Å². The van der Waals surface area contributed by atoms with Crippen molar-refractivity contribution >= 4 is 38.6 Å². The molecular formula is C17H11N3O3S2. The van der Waals surface area contributed by atoms with Gasteiger partial charge in [-0.3, -0.25) is 19.5 Å². The van der Waals surface area contributed by atoms with Gasteiger partial charge in [-0.2, -0.15) is 0 Å². The Morgan fingerprint density at radius 2 is 2.08 bits per heavy atom. The molecule has 4 aromatic rings. The van der Waals surface area contributed by atoms with E-state index in [1.807, 2.05) is 22.9 Å². The molecule has 3 aromatic heterocycles. The molecule has 0 saturated carbocycles. The Morgan fingerprint density at radius 3 is 2.84 bits per heavy atom. The third-order valence-electron chi connectivity index (χ3n) is 3.83. The van der Waals surface area contributed by atoms with Crippen LogP contribution in [0.3, 0.4) is 0 Å². The summed E-state index contributed by atoms with van der Waals surface area (Å²) in [5.74, 6) is 0. The van der Waals surface area contributed by atoms with Crippen molar-refractivity contribution < 1.29 is 4.92 Å². The molecule has 0 bridgehead atoms. The zero-order valence-electron chi connectivity index (χ0n) is 12.8. The highest BCUT2D eigenvalue weighted by atomic mass is 32.1. The van der Waals surface area contributed by atoms with Crippen LogP contribution in [0.4, 0.5) is 5.69 Å². The smallest absolute Gasteiger partial charge is 0.270 e. The average molecular weight is 369 g/mol. The van der Waals surface area contributed by atoms with Crippen LogP contribution < -0.4 is 5.56 Å². The number of rotatable bonds is 4. The molecule has 0 spiro atoms. The van der Waals surface area contributed by atoms with E-state index in [1.165, 1.54) is 23.5 Å². The summed E-state index contributed by atoms with van der Waals surface area (Å²) in [6, 6.07) is 10.2. The van der Waals surface area contributed by atoms with Crippen LogP contribution >= 0.6 is 22.7 Å². The summed E-state index contributed by atoms with van der Waals surface area (Å²) in [6.45, 7) is 0.462. The molecule has 0 aliphatic rings. The third-order valence-corrected chi connectivity index (χ3v) is 5.58. The van der Waals surface area contributed by atoms with Crippen molar-refractivity contribution in [3.05, 3.63) is 78.8 Å². The molecule has 3 heterocycles. The topological polar surface area (TPSA) is 78.0 Å². The average Bonchev–Trinajstić information content (AvgIpc) is 3.27. The number of benzene rings is 1. The summed E-state index contributed by atoms with van der Waals surface area (Å²) in [4.78, 5) is 29.6. The first kappa shape index (κ1) is 15.7. The molecule has 0 aliphatic carbocycles. The van der Waals surface area contributed by atoms with Gasteiger partial charge in [0.1, 0.15) is 4.83 Å². The van der Waals surface area contributed by atoms with Crippen LogP contribution in [-0.2, 0) is 6.54 Å². The first-order valence-electron chi connectivity index (χ1n) is 7.37. The Bertz CT molecular complexity index is 1130. The normalized spacial score (nSPS) is 11.0. The largest absolute Gasteiger partial charge is 0.293 e. The molecule has 8 heteroatoms. The molecule has 124 valence electrons. The first-order chi connectivity index (χ1) is 12.1. The van der Waals surface area contributed by atoms with Crippen molar-refractivity contribution in [2.45, 2.75) is 6.54 Å². The summed E-state index contributed by atoms with van der Waals surface area (Å²) < 4.78 is 1.57. The Kier molecular flexibility index (Phi) is 3.90. The summed E-state index contributed by atoms with van der Waals surface area (Å²) in [5.41, 5.74) is 1.19. The fourth-order valence-corrected chi connectivity index (χ4v) is 4.26. The van der Waals surface area contributed by atoms with E-state index in [4.69, 9.17) is 0 Å². The molecule has 0 unspecified atom stereocenters. The number of hydrogen-bond donors (Lipinski definition) is 0. The number of fused-ring (bicyclic) bond motifs is 1. The number of aromatic nitrogens is 2. The minimum absolute atomic E-state index is 0.000323. The lowest BCUT2D eigenvalue weighted by atomic mass is 10.1. The van der Waals surface area contributed by atoms with Crippen LogP contribution in [0.2, 0.25) is 0 Å². The summed E-state index contributed by atoms with van der Waals surface area (Å²) in [5, 5.41) is 15.3. The molecular weight excluding hydrogens is 358 g/mol. The lowest BCUT2D eigenvalue weighted by molar-refractivity contribution is -0.384. The van der Waals surface area contributed by atoms with E-state index in [0.29, 0.717) is 27.9 Å². The molecule has 0 saturated heterocycles. The molecule has 0 radical (unpaired) electrons. The third kappa shape index (κ3) is 2.86. The zero-order chi connectivity index (χ0) is 17.4. The molecule has 0 N–H and O–H groups in total. The van der Waals surface area contributed by atoms with Gasteiger partial charge in [-0.25, -0.2) is 4.98 Å². The van der Waals surface area contributed by atoms with Gasteiger partial charge in [0.2, 0.25) is 0 Å². The van der Waals surface area contributed by atoms with Crippen molar-refractivity contribution in [2.75, 3.05) is 0 Å². The second kappa shape index (κ2) is 6.23. The van der Waals surface area contributed by atoms with Gasteiger partial charge in [0.05, 0.1) is 23.2 Å². The fraction of sp³-hybridized carbons (Fsp3) is 0.0588. The van der Waals surface area contributed by atoms with E-state index in [9.17, 15) is 14.9 Å². The van der Waals surface area contributed by atoms with Gasteiger partial charge < -0.3 is 0 Å². The first-order valence-corrected chi connectivity index (χ1v) is 9.13. The second-order valence-electron chi connectivity index (χ2n) is 5.39. The Hall–Kier alpha value is -2.84. The second-order valence-corrected chi connectivity index (χ2v) is 7.28. The predicted octanol–water partition coefficient (Wildman–Crippen LogP) is 4.14. The summed E-state index contributed by atoms with van der Waals surface area (Å²) in [6.07, 6.45) is 1.55. The zero-order valence-corrected chi connectivity index (χ0v) is 14.4. The minimum atomic E-state index is -0.439. The van der Waals surface area contributed by atoms with Crippen molar-refractivity contribution in [1.82, 2.24) is 9.55 Å². The Morgan fingerprint density at radius 1 is 1.20 bits per heavy atom. The van der Waals surface area contributed by atoms with Gasteiger partial charge in [-0.15, -0.1) is 22.7 Å². The number of thiophene rings is 2.